The Bertz CT molecular complexity index is 575. The Labute approximate surface area is 129 Å². The summed E-state index contributed by atoms with van der Waals surface area (Å²) < 4.78 is 13.1. The number of rotatable bonds is 7. The molecule has 0 saturated carbocycles. The van der Waals surface area contributed by atoms with Crippen LogP contribution in [0.1, 0.15) is 25.4 Å². The quantitative estimate of drug-likeness (QED) is 0.792. The lowest BCUT2D eigenvalue weighted by atomic mass is 10.2. The second-order valence-electron chi connectivity index (χ2n) is 5.24. The fourth-order valence-electron chi connectivity index (χ4n) is 1.80. The average Bonchev–Trinajstić information content (AvgIpc) is 2.45. The molecule has 0 unspecified atom stereocenters. The molecule has 0 fully saturated rings. The van der Waals surface area contributed by atoms with Gasteiger partial charge in [-0.1, -0.05) is 19.9 Å². The van der Waals surface area contributed by atoms with E-state index in [0.29, 0.717) is 11.7 Å². The summed E-state index contributed by atoms with van der Waals surface area (Å²) in [5, 5.41) is 3.36. The summed E-state index contributed by atoms with van der Waals surface area (Å²) in [4.78, 5) is 9.68. The molecule has 2 aromatic rings. The van der Waals surface area contributed by atoms with Gasteiger partial charge in [0, 0.05) is 17.6 Å². The minimum Gasteiger partial charge on any atom is -0.311 e. The average molecular weight is 305 g/mol. The summed E-state index contributed by atoms with van der Waals surface area (Å²) in [6, 6.07) is 8.50. The molecule has 0 saturated heterocycles. The van der Waals surface area contributed by atoms with Gasteiger partial charge in [0.25, 0.3) is 0 Å². The summed E-state index contributed by atoms with van der Waals surface area (Å²) in [5.74, 6) is 1.82. The third-order valence-electron chi connectivity index (χ3n) is 2.79. The SMILES string of the molecule is CC(C)CNCc1ccnc(CSc2cccc(F)c2)n1. The monoisotopic (exact) mass is 305 g/mol. The predicted octanol–water partition coefficient (Wildman–Crippen LogP) is 3.65. The predicted molar refractivity (Wildman–Crippen MR) is 84.5 cm³/mol. The second kappa shape index (κ2) is 8.10. The highest BCUT2D eigenvalue weighted by Crippen LogP contribution is 2.21. The molecule has 112 valence electrons. The van der Waals surface area contributed by atoms with Gasteiger partial charge < -0.3 is 5.32 Å². The molecule has 0 aliphatic heterocycles. The molecule has 1 heterocycles. The summed E-state index contributed by atoms with van der Waals surface area (Å²) >= 11 is 1.54. The zero-order chi connectivity index (χ0) is 15.1. The van der Waals surface area contributed by atoms with Crippen LogP contribution < -0.4 is 5.32 Å². The Morgan fingerprint density at radius 1 is 1.29 bits per heavy atom. The Kier molecular flexibility index (Phi) is 6.14. The Morgan fingerprint density at radius 2 is 2.14 bits per heavy atom. The molecule has 2 rings (SSSR count). The smallest absolute Gasteiger partial charge is 0.138 e. The zero-order valence-corrected chi connectivity index (χ0v) is 13.2. The van der Waals surface area contributed by atoms with Crippen molar-refractivity contribution in [3.05, 3.63) is 53.9 Å². The van der Waals surface area contributed by atoms with E-state index < -0.39 is 0 Å². The minimum absolute atomic E-state index is 0.215. The molecule has 0 aliphatic carbocycles. The van der Waals surface area contributed by atoms with E-state index >= 15 is 0 Å². The number of halogens is 1. The molecule has 3 nitrogen and oxygen atoms in total. The van der Waals surface area contributed by atoms with Gasteiger partial charge >= 0.3 is 0 Å². The van der Waals surface area contributed by atoms with Crippen molar-refractivity contribution in [1.29, 1.82) is 0 Å². The second-order valence-corrected chi connectivity index (χ2v) is 6.28. The van der Waals surface area contributed by atoms with Crippen LogP contribution in [0.3, 0.4) is 0 Å². The summed E-state index contributed by atoms with van der Waals surface area (Å²) in [6.45, 7) is 6.07. The fourth-order valence-corrected chi connectivity index (χ4v) is 2.61. The molecule has 0 atom stereocenters. The Morgan fingerprint density at radius 3 is 2.90 bits per heavy atom. The first kappa shape index (κ1) is 15.9. The molecular formula is C16H20FN3S. The molecule has 0 bridgehead atoms. The lowest BCUT2D eigenvalue weighted by Crippen LogP contribution is -2.19. The molecule has 1 aromatic carbocycles. The fraction of sp³-hybridized carbons (Fsp3) is 0.375. The van der Waals surface area contributed by atoms with Crippen LogP contribution in [0.25, 0.3) is 0 Å². The molecule has 0 aliphatic rings. The normalized spacial score (nSPS) is 11.0. The molecule has 0 radical (unpaired) electrons. The highest BCUT2D eigenvalue weighted by molar-refractivity contribution is 7.98. The van der Waals surface area contributed by atoms with E-state index in [2.05, 4.69) is 29.1 Å². The molecular weight excluding hydrogens is 285 g/mol. The highest BCUT2D eigenvalue weighted by atomic mass is 32.2. The number of nitrogens with zero attached hydrogens (tertiary/aromatic N) is 2. The van der Waals surface area contributed by atoms with E-state index in [9.17, 15) is 4.39 Å². The van der Waals surface area contributed by atoms with Crippen molar-refractivity contribution in [2.75, 3.05) is 6.54 Å². The van der Waals surface area contributed by atoms with Crippen LogP contribution in [0.5, 0.6) is 0 Å². The number of hydrogen-bond acceptors (Lipinski definition) is 4. The number of benzene rings is 1. The first-order chi connectivity index (χ1) is 10.1. The first-order valence-corrected chi connectivity index (χ1v) is 8.02. The lowest BCUT2D eigenvalue weighted by molar-refractivity contribution is 0.547. The zero-order valence-electron chi connectivity index (χ0n) is 12.3. The van der Waals surface area contributed by atoms with E-state index in [4.69, 9.17) is 0 Å². The van der Waals surface area contributed by atoms with Crippen molar-refractivity contribution in [3.8, 4) is 0 Å². The van der Waals surface area contributed by atoms with Crippen molar-refractivity contribution in [2.24, 2.45) is 5.92 Å². The number of aromatic nitrogens is 2. The maximum Gasteiger partial charge on any atom is 0.138 e. The van der Waals surface area contributed by atoms with Crippen molar-refractivity contribution in [3.63, 3.8) is 0 Å². The van der Waals surface area contributed by atoms with Gasteiger partial charge in [-0.3, -0.25) is 0 Å². The number of hydrogen-bond donors (Lipinski definition) is 1. The van der Waals surface area contributed by atoms with Crippen LogP contribution in [0.4, 0.5) is 4.39 Å². The van der Waals surface area contributed by atoms with Crippen molar-refractivity contribution < 1.29 is 4.39 Å². The maximum atomic E-state index is 13.1. The summed E-state index contributed by atoms with van der Waals surface area (Å²) in [7, 11) is 0. The van der Waals surface area contributed by atoms with Gasteiger partial charge in [-0.15, -0.1) is 11.8 Å². The molecule has 0 amide bonds. The molecule has 21 heavy (non-hydrogen) atoms. The van der Waals surface area contributed by atoms with Crippen molar-refractivity contribution in [2.45, 2.75) is 31.0 Å². The van der Waals surface area contributed by atoms with Crippen LogP contribution in [0, 0.1) is 11.7 Å². The van der Waals surface area contributed by atoms with Crippen molar-refractivity contribution in [1.82, 2.24) is 15.3 Å². The minimum atomic E-state index is -0.215. The molecule has 1 aromatic heterocycles. The number of nitrogens with one attached hydrogen (secondary N) is 1. The van der Waals surface area contributed by atoms with E-state index in [1.54, 1.807) is 12.3 Å². The van der Waals surface area contributed by atoms with Crippen LogP contribution >= 0.6 is 11.8 Å². The topological polar surface area (TPSA) is 37.8 Å². The lowest BCUT2D eigenvalue weighted by Gasteiger charge is -2.07. The van der Waals surface area contributed by atoms with E-state index in [1.807, 2.05) is 12.1 Å². The van der Waals surface area contributed by atoms with Gasteiger partial charge in [0.15, 0.2) is 0 Å². The Hall–Kier alpha value is -1.46. The van der Waals surface area contributed by atoms with Crippen LogP contribution in [-0.4, -0.2) is 16.5 Å². The molecule has 1 N–H and O–H groups in total. The third-order valence-corrected chi connectivity index (χ3v) is 3.78. The number of thioether (sulfide) groups is 1. The van der Waals surface area contributed by atoms with Gasteiger partial charge in [-0.05, 0) is 36.7 Å². The standard InChI is InChI=1S/C16H20FN3S/c1-12(2)9-18-10-14-6-7-19-16(20-14)11-21-15-5-3-4-13(17)8-15/h3-8,12,18H,9-11H2,1-2H3. The molecule has 0 spiro atoms. The third kappa shape index (κ3) is 5.81. The van der Waals surface area contributed by atoms with Crippen LogP contribution in [-0.2, 0) is 12.3 Å². The maximum absolute atomic E-state index is 13.1. The van der Waals surface area contributed by atoms with Gasteiger partial charge in [0.1, 0.15) is 11.6 Å². The van der Waals surface area contributed by atoms with Crippen LogP contribution in [0.15, 0.2) is 41.4 Å². The first-order valence-electron chi connectivity index (χ1n) is 7.03. The van der Waals surface area contributed by atoms with Gasteiger partial charge in [-0.2, -0.15) is 0 Å². The largest absolute Gasteiger partial charge is 0.311 e. The van der Waals surface area contributed by atoms with Gasteiger partial charge in [0.2, 0.25) is 0 Å². The van der Waals surface area contributed by atoms with Crippen molar-refractivity contribution >= 4 is 11.8 Å². The summed E-state index contributed by atoms with van der Waals surface area (Å²) in [6.07, 6.45) is 1.78. The van der Waals surface area contributed by atoms with E-state index in [1.165, 1.54) is 23.9 Å². The highest BCUT2D eigenvalue weighted by Gasteiger charge is 2.02. The Balaban J connectivity index is 1.88. The van der Waals surface area contributed by atoms with E-state index in [0.717, 1.165) is 29.5 Å². The summed E-state index contributed by atoms with van der Waals surface area (Å²) in [5.41, 5.74) is 0.987. The van der Waals surface area contributed by atoms with Crippen LogP contribution in [0.2, 0.25) is 0 Å². The van der Waals surface area contributed by atoms with Gasteiger partial charge in [-0.25, -0.2) is 14.4 Å². The van der Waals surface area contributed by atoms with Gasteiger partial charge in [0.05, 0.1) is 11.4 Å². The van der Waals surface area contributed by atoms with E-state index in [-0.39, 0.29) is 5.82 Å². The molecule has 5 heteroatoms.